The highest BCUT2D eigenvalue weighted by molar-refractivity contribution is 5.81. The van der Waals surface area contributed by atoms with Crippen molar-refractivity contribution in [2.45, 2.75) is 32.9 Å². The van der Waals surface area contributed by atoms with Crippen molar-refractivity contribution < 1.29 is 9.72 Å². The quantitative estimate of drug-likeness (QED) is 0.489. The van der Waals surface area contributed by atoms with Gasteiger partial charge < -0.3 is 5.32 Å². The molecule has 3 aromatic rings. The fourth-order valence-electron chi connectivity index (χ4n) is 3.20. The van der Waals surface area contributed by atoms with Gasteiger partial charge in [0.15, 0.2) is 0 Å². The molecule has 2 aromatic carbocycles. The van der Waals surface area contributed by atoms with E-state index in [1.807, 2.05) is 30.3 Å². The molecule has 0 aliphatic heterocycles. The second-order valence-corrected chi connectivity index (χ2v) is 7.30. The predicted molar refractivity (Wildman–Crippen MR) is 109 cm³/mol. The lowest BCUT2D eigenvalue weighted by Gasteiger charge is -2.21. The molecule has 0 spiro atoms. The van der Waals surface area contributed by atoms with Gasteiger partial charge >= 0.3 is 0 Å². The van der Waals surface area contributed by atoms with Crippen LogP contribution in [0.4, 0.5) is 5.69 Å². The van der Waals surface area contributed by atoms with E-state index in [1.54, 1.807) is 0 Å². The predicted octanol–water partition coefficient (Wildman–Crippen LogP) is 3.21. The Morgan fingerprint density at radius 2 is 1.93 bits per heavy atom. The molecule has 29 heavy (non-hydrogen) atoms. The molecule has 0 aliphatic rings. The summed E-state index contributed by atoms with van der Waals surface area (Å²) >= 11 is 0. The molecule has 0 radical (unpaired) electrons. The molecule has 1 heterocycles. The Kier molecular flexibility index (Phi) is 6.01. The molecule has 0 saturated heterocycles. The molecule has 0 unspecified atom stereocenters. The molecular weight excluding hydrogens is 372 g/mol. The van der Waals surface area contributed by atoms with Crippen LogP contribution in [0, 0.1) is 16.0 Å². The number of benzene rings is 2. The van der Waals surface area contributed by atoms with Crippen molar-refractivity contribution in [1.29, 1.82) is 0 Å². The zero-order chi connectivity index (χ0) is 21.0. The van der Waals surface area contributed by atoms with Crippen LogP contribution in [-0.2, 0) is 11.3 Å². The second kappa shape index (κ2) is 8.64. The number of nitro groups is 1. The summed E-state index contributed by atoms with van der Waals surface area (Å²) in [4.78, 5) is 39.9. The smallest absolute Gasteiger partial charge is 0.270 e. The molecular formula is C21H22N4O4. The van der Waals surface area contributed by atoms with Crippen molar-refractivity contribution >= 4 is 22.5 Å². The van der Waals surface area contributed by atoms with Crippen LogP contribution < -0.4 is 10.9 Å². The first-order chi connectivity index (χ1) is 13.8. The number of aromatic nitrogens is 2. The van der Waals surface area contributed by atoms with E-state index in [9.17, 15) is 19.7 Å². The van der Waals surface area contributed by atoms with Gasteiger partial charge in [-0.15, -0.1) is 0 Å². The molecule has 0 aliphatic carbocycles. The Balaban J connectivity index is 1.83. The van der Waals surface area contributed by atoms with Crippen molar-refractivity contribution in [3.05, 3.63) is 80.9 Å². The van der Waals surface area contributed by atoms with E-state index in [4.69, 9.17) is 0 Å². The zero-order valence-electron chi connectivity index (χ0n) is 16.2. The number of fused-ring (bicyclic) bond motifs is 1. The third-order valence-electron chi connectivity index (χ3n) is 4.58. The van der Waals surface area contributed by atoms with Gasteiger partial charge in [0.2, 0.25) is 5.91 Å². The molecule has 0 bridgehead atoms. The Morgan fingerprint density at radius 1 is 1.21 bits per heavy atom. The normalized spacial score (nSPS) is 12.1. The molecule has 1 aromatic heterocycles. The highest BCUT2D eigenvalue weighted by atomic mass is 16.6. The fourth-order valence-corrected chi connectivity index (χ4v) is 3.20. The highest BCUT2D eigenvalue weighted by Gasteiger charge is 2.17. The van der Waals surface area contributed by atoms with E-state index in [-0.39, 0.29) is 29.6 Å². The lowest BCUT2D eigenvalue weighted by atomic mass is 9.97. The summed E-state index contributed by atoms with van der Waals surface area (Å²) in [6, 6.07) is 13.4. The van der Waals surface area contributed by atoms with E-state index in [0.717, 1.165) is 12.0 Å². The summed E-state index contributed by atoms with van der Waals surface area (Å²) < 4.78 is 1.17. The fraction of sp³-hybridized carbons (Fsp3) is 0.286. The number of nitro benzene ring substituents is 1. The van der Waals surface area contributed by atoms with E-state index in [2.05, 4.69) is 24.1 Å². The average molecular weight is 394 g/mol. The third kappa shape index (κ3) is 4.84. The van der Waals surface area contributed by atoms with Crippen molar-refractivity contribution in [2.24, 2.45) is 5.92 Å². The highest BCUT2D eigenvalue weighted by Crippen LogP contribution is 2.21. The van der Waals surface area contributed by atoms with E-state index in [0.29, 0.717) is 11.4 Å². The number of carbonyl (C=O) groups excluding carboxylic acids is 1. The molecule has 8 nitrogen and oxygen atoms in total. The zero-order valence-corrected chi connectivity index (χ0v) is 16.2. The maximum absolute atomic E-state index is 12.7. The van der Waals surface area contributed by atoms with Crippen molar-refractivity contribution in [3.8, 4) is 0 Å². The third-order valence-corrected chi connectivity index (χ3v) is 4.58. The number of non-ortho nitro benzene ring substituents is 1. The van der Waals surface area contributed by atoms with Gasteiger partial charge in [0, 0.05) is 12.1 Å². The van der Waals surface area contributed by atoms with Gasteiger partial charge in [0.05, 0.1) is 28.2 Å². The van der Waals surface area contributed by atoms with Crippen LogP contribution in [0.2, 0.25) is 0 Å². The van der Waals surface area contributed by atoms with Gasteiger partial charge in [-0.3, -0.25) is 24.3 Å². The molecule has 1 amide bonds. The minimum absolute atomic E-state index is 0.108. The topological polar surface area (TPSA) is 107 Å². The van der Waals surface area contributed by atoms with Crippen LogP contribution >= 0.6 is 0 Å². The number of hydrogen-bond acceptors (Lipinski definition) is 5. The van der Waals surface area contributed by atoms with Crippen LogP contribution in [0.5, 0.6) is 0 Å². The summed E-state index contributed by atoms with van der Waals surface area (Å²) in [6.07, 6.45) is 2.04. The molecule has 0 saturated carbocycles. The molecule has 8 heteroatoms. The Morgan fingerprint density at radius 3 is 2.59 bits per heavy atom. The standard InChI is InChI=1S/C21H22N4O4/c1-14(2)10-19(15-6-4-3-5-7-15)23-20(26)12-24-13-22-18-9-8-16(25(28)29)11-17(18)21(24)27/h3-9,11,13-14,19H,10,12H2,1-2H3,(H,23,26)/t19-/m0/s1. The summed E-state index contributed by atoms with van der Waals surface area (Å²) in [5.74, 6) is 0.0410. The van der Waals surface area contributed by atoms with Crippen LogP contribution in [-0.4, -0.2) is 20.4 Å². The van der Waals surface area contributed by atoms with Gasteiger partial charge in [0.25, 0.3) is 11.2 Å². The van der Waals surface area contributed by atoms with Gasteiger partial charge in [0.1, 0.15) is 6.54 Å². The molecule has 1 atom stereocenters. The van der Waals surface area contributed by atoms with Crippen LogP contribution in [0.3, 0.4) is 0 Å². The number of amides is 1. The number of nitrogens with one attached hydrogen (secondary N) is 1. The Bertz CT molecular complexity index is 1090. The first kappa shape index (κ1) is 20.2. The van der Waals surface area contributed by atoms with Gasteiger partial charge in [-0.25, -0.2) is 4.98 Å². The molecule has 1 N–H and O–H groups in total. The summed E-state index contributed by atoms with van der Waals surface area (Å²) in [6.45, 7) is 3.94. The Hall–Kier alpha value is -3.55. The van der Waals surface area contributed by atoms with Crippen LogP contribution in [0.15, 0.2) is 59.7 Å². The first-order valence-electron chi connectivity index (χ1n) is 9.33. The Labute approximate surface area is 167 Å². The van der Waals surface area contributed by atoms with E-state index < -0.39 is 10.5 Å². The molecule has 0 fully saturated rings. The van der Waals surface area contributed by atoms with E-state index >= 15 is 0 Å². The van der Waals surface area contributed by atoms with Gasteiger partial charge in [-0.05, 0) is 24.0 Å². The lowest BCUT2D eigenvalue weighted by Crippen LogP contribution is -2.35. The van der Waals surface area contributed by atoms with Crippen LogP contribution in [0.25, 0.3) is 10.9 Å². The first-order valence-corrected chi connectivity index (χ1v) is 9.33. The van der Waals surface area contributed by atoms with Gasteiger partial charge in [-0.2, -0.15) is 0 Å². The monoisotopic (exact) mass is 394 g/mol. The largest absolute Gasteiger partial charge is 0.348 e. The van der Waals surface area contributed by atoms with Crippen molar-refractivity contribution in [1.82, 2.24) is 14.9 Å². The summed E-state index contributed by atoms with van der Waals surface area (Å²) in [7, 11) is 0. The van der Waals surface area contributed by atoms with Crippen LogP contribution in [0.1, 0.15) is 31.9 Å². The summed E-state index contributed by atoms with van der Waals surface area (Å²) in [5.41, 5.74) is 0.655. The number of hydrogen-bond donors (Lipinski definition) is 1. The lowest BCUT2D eigenvalue weighted by molar-refractivity contribution is -0.384. The minimum Gasteiger partial charge on any atom is -0.348 e. The number of carbonyl (C=O) groups is 1. The molecule has 3 rings (SSSR count). The van der Waals surface area contributed by atoms with Crippen molar-refractivity contribution in [3.63, 3.8) is 0 Å². The minimum atomic E-state index is -0.570. The molecule has 150 valence electrons. The van der Waals surface area contributed by atoms with Crippen molar-refractivity contribution in [2.75, 3.05) is 0 Å². The van der Waals surface area contributed by atoms with Gasteiger partial charge in [-0.1, -0.05) is 44.2 Å². The maximum atomic E-state index is 12.7. The number of rotatable bonds is 7. The average Bonchev–Trinajstić information content (AvgIpc) is 2.69. The summed E-state index contributed by atoms with van der Waals surface area (Å²) in [5, 5.41) is 14.1. The van der Waals surface area contributed by atoms with E-state index in [1.165, 1.54) is 29.1 Å². The second-order valence-electron chi connectivity index (χ2n) is 7.30. The maximum Gasteiger partial charge on any atom is 0.270 e. The number of nitrogens with zero attached hydrogens (tertiary/aromatic N) is 3. The SMILES string of the molecule is CC(C)C[C@H](NC(=O)Cn1cnc2ccc([N+](=O)[O-])cc2c1=O)c1ccccc1.